The number of hydrogen-bond acceptors (Lipinski definition) is 6. The number of rotatable bonds is 55. The van der Waals surface area contributed by atoms with Crippen LogP contribution in [0.15, 0.2) is 48.6 Å². The quantitative estimate of drug-likeness (QED) is 0.0262. The molecule has 0 N–H and O–H groups in total. The van der Waals surface area contributed by atoms with Gasteiger partial charge in [-0.15, -0.1) is 0 Å². The molecular weight excluding hydrogens is 853 g/mol. The lowest BCUT2D eigenvalue weighted by molar-refractivity contribution is -0.167. The van der Waals surface area contributed by atoms with Crippen molar-refractivity contribution in [1.82, 2.24) is 0 Å². The third-order valence-corrected chi connectivity index (χ3v) is 13.3. The minimum Gasteiger partial charge on any atom is -0.462 e. The van der Waals surface area contributed by atoms with Crippen LogP contribution < -0.4 is 0 Å². The van der Waals surface area contributed by atoms with E-state index in [9.17, 15) is 14.4 Å². The van der Waals surface area contributed by atoms with E-state index in [0.29, 0.717) is 19.3 Å². The zero-order valence-electron chi connectivity index (χ0n) is 46.1. The summed E-state index contributed by atoms with van der Waals surface area (Å²) in [4.78, 5) is 38.2. The van der Waals surface area contributed by atoms with Crippen molar-refractivity contribution in [2.75, 3.05) is 13.2 Å². The van der Waals surface area contributed by atoms with Crippen molar-refractivity contribution in [2.24, 2.45) is 0 Å². The van der Waals surface area contributed by atoms with Crippen LogP contribution in [0.4, 0.5) is 0 Å². The van der Waals surface area contributed by atoms with Crippen molar-refractivity contribution in [1.29, 1.82) is 0 Å². The van der Waals surface area contributed by atoms with Crippen LogP contribution in [0.2, 0.25) is 0 Å². The number of ether oxygens (including phenoxy) is 3. The summed E-state index contributed by atoms with van der Waals surface area (Å²) in [6.45, 7) is 6.63. The number of esters is 3. The number of unbranched alkanes of at least 4 members (excludes halogenated alkanes) is 36. The number of hydrogen-bond donors (Lipinski definition) is 0. The van der Waals surface area contributed by atoms with E-state index in [4.69, 9.17) is 14.2 Å². The molecule has 402 valence electrons. The molecule has 6 nitrogen and oxygen atoms in total. The molecule has 0 aromatic heterocycles. The van der Waals surface area contributed by atoms with Crippen molar-refractivity contribution in [2.45, 2.75) is 322 Å². The topological polar surface area (TPSA) is 78.9 Å². The molecule has 0 aliphatic carbocycles. The van der Waals surface area contributed by atoms with Crippen LogP contribution in [0, 0.1) is 0 Å². The minimum absolute atomic E-state index is 0.0783. The molecular formula is C63H114O6. The average Bonchev–Trinajstić information content (AvgIpc) is 3.35. The highest BCUT2D eigenvalue weighted by atomic mass is 16.6. The van der Waals surface area contributed by atoms with Gasteiger partial charge in [0.25, 0.3) is 0 Å². The zero-order valence-corrected chi connectivity index (χ0v) is 46.1. The molecule has 1 atom stereocenters. The molecule has 0 heterocycles. The fourth-order valence-corrected chi connectivity index (χ4v) is 8.70. The molecule has 0 saturated heterocycles. The molecule has 0 aromatic rings. The fraction of sp³-hybridized carbons (Fsp3) is 0.825. The van der Waals surface area contributed by atoms with Gasteiger partial charge in [-0.2, -0.15) is 0 Å². The Morgan fingerprint density at radius 1 is 0.290 bits per heavy atom. The van der Waals surface area contributed by atoms with E-state index < -0.39 is 6.10 Å². The first-order chi connectivity index (χ1) is 34.0. The van der Waals surface area contributed by atoms with Gasteiger partial charge in [0.1, 0.15) is 13.2 Å². The lowest BCUT2D eigenvalue weighted by Crippen LogP contribution is -2.30. The van der Waals surface area contributed by atoms with Crippen molar-refractivity contribution in [3.63, 3.8) is 0 Å². The smallest absolute Gasteiger partial charge is 0.306 e. The first-order valence-electron chi connectivity index (χ1n) is 30.1. The van der Waals surface area contributed by atoms with E-state index in [0.717, 1.165) is 83.5 Å². The summed E-state index contributed by atoms with van der Waals surface area (Å²) in [7, 11) is 0. The standard InChI is InChI=1S/C63H114O6/c1-4-7-10-13-16-19-22-25-28-29-30-31-32-33-34-35-36-39-41-44-47-50-53-56-62(65)68-59-60(69-63(66)57-54-51-48-45-42-38-27-24-21-18-15-12-9-6-3)58-67-61(64)55-52-49-46-43-40-37-26-23-20-17-14-11-8-5-2/h22-27,29-30,60H,4-21,28,31-59H2,1-3H3/b25-22-,26-23-,27-24-,30-29-. The summed E-state index contributed by atoms with van der Waals surface area (Å²) in [5.74, 6) is -0.883. The fourth-order valence-electron chi connectivity index (χ4n) is 8.70. The molecule has 0 saturated carbocycles. The first-order valence-corrected chi connectivity index (χ1v) is 30.1. The average molecular weight is 968 g/mol. The minimum atomic E-state index is -0.780. The molecule has 0 aromatic carbocycles. The van der Waals surface area contributed by atoms with Gasteiger partial charge in [0.05, 0.1) is 0 Å². The van der Waals surface area contributed by atoms with E-state index in [1.54, 1.807) is 0 Å². The number of carbonyl (C=O) groups excluding carboxylic acids is 3. The lowest BCUT2D eigenvalue weighted by atomic mass is 10.0. The van der Waals surface area contributed by atoms with Crippen LogP contribution in [0.3, 0.4) is 0 Å². The number of carbonyl (C=O) groups is 3. The summed E-state index contributed by atoms with van der Waals surface area (Å²) in [6.07, 6.45) is 71.0. The maximum absolute atomic E-state index is 12.8. The summed E-state index contributed by atoms with van der Waals surface area (Å²) >= 11 is 0. The van der Waals surface area contributed by atoms with Crippen molar-refractivity contribution < 1.29 is 28.6 Å². The largest absolute Gasteiger partial charge is 0.462 e. The highest BCUT2D eigenvalue weighted by Gasteiger charge is 2.19. The van der Waals surface area contributed by atoms with Crippen LogP contribution in [0.5, 0.6) is 0 Å². The van der Waals surface area contributed by atoms with E-state index in [2.05, 4.69) is 69.4 Å². The van der Waals surface area contributed by atoms with E-state index in [1.807, 2.05) is 0 Å². The first kappa shape index (κ1) is 66.4. The Balaban J connectivity index is 4.30. The second-order valence-corrected chi connectivity index (χ2v) is 20.2. The molecule has 6 heteroatoms. The Morgan fingerprint density at radius 2 is 0.522 bits per heavy atom. The second kappa shape index (κ2) is 57.9. The second-order valence-electron chi connectivity index (χ2n) is 20.2. The Bertz CT molecular complexity index is 1200. The van der Waals surface area contributed by atoms with Gasteiger partial charge < -0.3 is 14.2 Å². The molecule has 0 bridgehead atoms. The highest BCUT2D eigenvalue weighted by Crippen LogP contribution is 2.16. The molecule has 1 unspecified atom stereocenters. The SMILES string of the molecule is CCCCCCC/C=C\C/C=C\CCCCCCCCCCCCCC(=O)OCC(COC(=O)CCCCCCC/C=C\CCCCCCC)OC(=O)CCCCCCC/C=C\CCCCCCC. The molecule has 0 radical (unpaired) electrons. The molecule has 0 amide bonds. The summed E-state index contributed by atoms with van der Waals surface area (Å²) in [6, 6.07) is 0. The van der Waals surface area contributed by atoms with Gasteiger partial charge in [0, 0.05) is 19.3 Å². The van der Waals surface area contributed by atoms with Crippen LogP contribution in [-0.4, -0.2) is 37.2 Å². The third-order valence-electron chi connectivity index (χ3n) is 13.3. The molecule has 0 rings (SSSR count). The van der Waals surface area contributed by atoms with Crippen LogP contribution in [0.1, 0.15) is 316 Å². The monoisotopic (exact) mass is 967 g/mol. The summed E-state index contributed by atoms with van der Waals surface area (Å²) in [5.41, 5.74) is 0. The summed E-state index contributed by atoms with van der Waals surface area (Å²) < 4.78 is 16.9. The Labute approximate surface area is 428 Å². The van der Waals surface area contributed by atoms with E-state index >= 15 is 0 Å². The molecule has 0 aliphatic heterocycles. The van der Waals surface area contributed by atoms with Crippen LogP contribution >= 0.6 is 0 Å². The Hall–Kier alpha value is -2.63. The van der Waals surface area contributed by atoms with E-state index in [1.165, 1.54) is 193 Å². The normalized spacial score (nSPS) is 12.3. The van der Waals surface area contributed by atoms with Gasteiger partial charge in [-0.3, -0.25) is 14.4 Å². The predicted molar refractivity (Wildman–Crippen MR) is 298 cm³/mol. The van der Waals surface area contributed by atoms with Crippen LogP contribution in [0.25, 0.3) is 0 Å². The van der Waals surface area contributed by atoms with Gasteiger partial charge in [0.2, 0.25) is 0 Å². The van der Waals surface area contributed by atoms with Gasteiger partial charge in [0.15, 0.2) is 6.10 Å². The Kier molecular flexibility index (Phi) is 55.7. The number of allylic oxidation sites excluding steroid dienone is 8. The lowest BCUT2D eigenvalue weighted by Gasteiger charge is -2.18. The predicted octanol–water partition coefficient (Wildman–Crippen LogP) is 20.2. The van der Waals surface area contributed by atoms with Crippen molar-refractivity contribution in [3.8, 4) is 0 Å². The van der Waals surface area contributed by atoms with Gasteiger partial charge >= 0.3 is 17.9 Å². The molecule has 0 spiro atoms. The van der Waals surface area contributed by atoms with Crippen molar-refractivity contribution in [3.05, 3.63) is 48.6 Å². The zero-order chi connectivity index (χ0) is 50.0. The van der Waals surface area contributed by atoms with Gasteiger partial charge in [-0.05, 0) is 103 Å². The maximum atomic E-state index is 12.8. The van der Waals surface area contributed by atoms with Gasteiger partial charge in [-0.25, -0.2) is 0 Å². The maximum Gasteiger partial charge on any atom is 0.306 e. The third kappa shape index (κ3) is 56.2. The van der Waals surface area contributed by atoms with Crippen LogP contribution in [-0.2, 0) is 28.6 Å². The van der Waals surface area contributed by atoms with Crippen molar-refractivity contribution >= 4 is 17.9 Å². The highest BCUT2D eigenvalue weighted by molar-refractivity contribution is 5.71. The van der Waals surface area contributed by atoms with Gasteiger partial charge in [-0.1, -0.05) is 243 Å². The van der Waals surface area contributed by atoms with E-state index in [-0.39, 0.29) is 31.1 Å². The molecule has 69 heavy (non-hydrogen) atoms. The molecule has 0 aliphatic rings. The molecule has 0 fully saturated rings. The summed E-state index contributed by atoms with van der Waals surface area (Å²) in [5, 5.41) is 0. The Morgan fingerprint density at radius 3 is 0.812 bits per heavy atom.